The third-order valence-corrected chi connectivity index (χ3v) is 4.62. The molecule has 0 N–H and O–H groups in total. The molecule has 0 saturated carbocycles. The zero-order valence-electron chi connectivity index (χ0n) is 16.5. The van der Waals surface area contributed by atoms with Crippen molar-refractivity contribution < 1.29 is 9.53 Å². The number of carbonyl (C=O) groups excluding carboxylic acids is 1. The largest absolute Gasteiger partial charge is 0.444 e. The van der Waals surface area contributed by atoms with E-state index in [1.54, 1.807) is 0 Å². The number of ether oxygens (including phenoxy) is 1. The first-order valence-corrected chi connectivity index (χ1v) is 9.98. The third-order valence-electron chi connectivity index (χ3n) is 4.44. The van der Waals surface area contributed by atoms with Crippen LogP contribution in [0.2, 0.25) is 0 Å². The Morgan fingerprint density at radius 1 is 1.42 bits per heavy atom. The molecular weight excluding hydrogens is 394 g/mol. The summed E-state index contributed by atoms with van der Waals surface area (Å²) in [5.41, 5.74) is 2.04. The van der Waals surface area contributed by atoms with Gasteiger partial charge in [0.15, 0.2) is 0 Å². The fourth-order valence-corrected chi connectivity index (χ4v) is 3.52. The second kappa shape index (κ2) is 8.42. The van der Waals surface area contributed by atoms with Crippen LogP contribution in [0.4, 0.5) is 4.79 Å². The number of hydrogen-bond donors (Lipinski definition) is 0. The van der Waals surface area contributed by atoms with Gasteiger partial charge in [-0.25, -0.2) is 9.79 Å². The van der Waals surface area contributed by atoms with Crippen LogP contribution in [0.15, 0.2) is 39.6 Å². The predicted octanol–water partition coefficient (Wildman–Crippen LogP) is 5.06. The monoisotopic (exact) mass is 423 g/mol. The number of amides is 1. The van der Waals surface area contributed by atoms with Crippen LogP contribution >= 0.6 is 15.9 Å². The molecule has 2 heterocycles. The number of allylic oxidation sites excluding steroid dienone is 1. The number of rotatable bonds is 3. The van der Waals surface area contributed by atoms with Gasteiger partial charge in [-0.2, -0.15) is 0 Å². The van der Waals surface area contributed by atoms with Crippen LogP contribution in [0.3, 0.4) is 0 Å². The van der Waals surface area contributed by atoms with Gasteiger partial charge in [0.05, 0.1) is 0 Å². The molecule has 2 aliphatic heterocycles. The highest BCUT2D eigenvalue weighted by Gasteiger charge is 2.33. The molecule has 144 valence electrons. The summed E-state index contributed by atoms with van der Waals surface area (Å²) in [4.78, 5) is 20.7. The SMILES string of the molecule is C=C(Br)/N=C1\C(=C/CC)C(C2CCN(C(=O)OC(C)(C)C)CC2)=CN1C. The van der Waals surface area contributed by atoms with Gasteiger partial charge in [-0.15, -0.1) is 0 Å². The van der Waals surface area contributed by atoms with Crippen molar-refractivity contribution in [3.63, 3.8) is 0 Å². The summed E-state index contributed by atoms with van der Waals surface area (Å²) in [5, 5.41) is 0. The fraction of sp³-hybridized carbons (Fsp3) is 0.600. The lowest BCUT2D eigenvalue weighted by molar-refractivity contribution is 0.0195. The topological polar surface area (TPSA) is 45.1 Å². The Bertz CT molecular complexity index is 650. The molecule has 0 spiro atoms. The van der Waals surface area contributed by atoms with Crippen molar-refractivity contribution in [3.8, 4) is 0 Å². The molecule has 2 rings (SSSR count). The van der Waals surface area contributed by atoms with Gasteiger partial charge in [0.2, 0.25) is 0 Å². The molecule has 0 aromatic carbocycles. The number of halogens is 1. The summed E-state index contributed by atoms with van der Waals surface area (Å²) in [7, 11) is 2.01. The van der Waals surface area contributed by atoms with E-state index in [2.05, 4.69) is 51.6 Å². The van der Waals surface area contributed by atoms with E-state index in [4.69, 9.17) is 4.74 Å². The first kappa shape index (κ1) is 20.7. The molecule has 0 unspecified atom stereocenters. The normalized spacial score (nSPS) is 22.2. The molecule has 0 bridgehead atoms. The molecule has 0 aromatic heterocycles. The number of likely N-dealkylation sites (tertiary alicyclic amines) is 1. The molecule has 26 heavy (non-hydrogen) atoms. The first-order chi connectivity index (χ1) is 12.1. The number of amidine groups is 1. The minimum absolute atomic E-state index is 0.212. The Morgan fingerprint density at radius 2 is 2.04 bits per heavy atom. The molecule has 0 atom stereocenters. The predicted molar refractivity (Wildman–Crippen MR) is 110 cm³/mol. The number of likely N-dealkylation sites (N-methyl/N-ethyl adjacent to an activating group) is 1. The summed E-state index contributed by atoms with van der Waals surface area (Å²) in [5.74, 6) is 1.35. The Kier molecular flexibility index (Phi) is 6.72. The minimum atomic E-state index is -0.453. The van der Waals surface area contributed by atoms with Crippen LogP contribution in [0.5, 0.6) is 0 Å². The van der Waals surface area contributed by atoms with E-state index in [0.29, 0.717) is 10.5 Å². The first-order valence-electron chi connectivity index (χ1n) is 9.19. The number of hydrogen-bond acceptors (Lipinski definition) is 3. The highest BCUT2D eigenvalue weighted by atomic mass is 79.9. The molecule has 2 aliphatic rings. The zero-order chi connectivity index (χ0) is 19.5. The van der Waals surface area contributed by atoms with Crippen molar-refractivity contribution in [2.24, 2.45) is 10.9 Å². The quantitative estimate of drug-likeness (QED) is 0.595. The van der Waals surface area contributed by atoms with Crippen LogP contribution in [-0.4, -0.2) is 47.5 Å². The Labute approximate surface area is 165 Å². The van der Waals surface area contributed by atoms with Gasteiger partial charge in [0, 0.05) is 31.9 Å². The van der Waals surface area contributed by atoms with Crippen LogP contribution in [0.25, 0.3) is 0 Å². The van der Waals surface area contributed by atoms with Crippen molar-refractivity contribution in [1.82, 2.24) is 9.80 Å². The fourth-order valence-electron chi connectivity index (χ4n) is 3.35. The van der Waals surface area contributed by atoms with E-state index in [1.165, 1.54) is 11.1 Å². The van der Waals surface area contributed by atoms with E-state index in [1.807, 2.05) is 32.7 Å². The van der Waals surface area contributed by atoms with Crippen LogP contribution < -0.4 is 0 Å². The Hall–Kier alpha value is -1.56. The van der Waals surface area contributed by atoms with Crippen LogP contribution in [0.1, 0.15) is 47.0 Å². The summed E-state index contributed by atoms with van der Waals surface area (Å²) in [6, 6.07) is 0. The standard InChI is InChI=1S/C20H30BrN3O2/c1-7-8-16-17(13-23(6)18(16)22-14(2)21)15-9-11-24(12-10-15)19(25)26-20(3,4)5/h8,13,15H,2,7,9-12H2,1,3-6H3/b16-8-,22-18+. The lowest BCUT2D eigenvalue weighted by atomic mass is 9.86. The zero-order valence-corrected chi connectivity index (χ0v) is 18.1. The number of nitrogens with zero attached hydrogens (tertiary/aromatic N) is 3. The van der Waals surface area contributed by atoms with E-state index in [0.717, 1.165) is 38.2 Å². The average Bonchev–Trinajstić information content (AvgIpc) is 2.82. The maximum atomic E-state index is 12.3. The summed E-state index contributed by atoms with van der Waals surface area (Å²) in [6.07, 6.45) is 7.00. The van der Waals surface area contributed by atoms with Gasteiger partial charge in [-0.05, 0) is 67.5 Å². The van der Waals surface area contributed by atoms with Crippen molar-refractivity contribution in [2.45, 2.75) is 52.6 Å². The molecule has 6 heteroatoms. The smallest absolute Gasteiger partial charge is 0.410 e. The second-order valence-electron chi connectivity index (χ2n) is 7.77. The van der Waals surface area contributed by atoms with E-state index < -0.39 is 5.60 Å². The highest BCUT2D eigenvalue weighted by molar-refractivity contribution is 9.11. The van der Waals surface area contributed by atoms with Gasteiger partial charge in [-0.1, -0.05) is 19.6 Å². The van der Waals surface area contributed by atoms with E-state index in [9.17, 15) is 4.79 Å². The van der Waals surface area contributed by atoms with Gasteiger partial charge >= 0.3 is 6.09 Å². The van der Waals surface area contributed by atoms with Gasteiger partial charge < -0.3 is 14.5 Å². The van der Waals surface area contributed by atoms with E-state index in [-0.39, 0.29) is 6.09 Å². The summed E-state index contributed by atoms with van der Waals surface area (Å²) < 4.78 is 6.12. The maximum Gasteiger partial charge on any atom is 0.410 e. The van der Waals surface area contributed by atoms with Crippen molar-refractivity contribution >= 4 is 27.9 Å². The molecule has 0 aromatic rings. The van der Waals surface area contributed by atoms with Crippen molar-refractivity contribution in [2.75, 3.05) is 20.1 Å². The van der Waals surface area contributed by atoms with Crippen molar-refractivity contribution in [1.29, 1.82) is 0 Å². The Morgan fingerprint density at radius 3 is 2.54 bits per heavy atom. The Balaban J connectivity index is 2.09. The number of carbonyl (C=O) groups is 1. The summed E-state index contributed by atoms with van der Waals surface area (Å²) >= 11 is 3.34. The average molecular weight is 424 g/mol. The molecule has 1 amide bonds. The molecule has 1 fully saturated rings. The molecule has 1 saturated heterocycles. The van der Waals surface area contributed by atoms with Crippen molar-refractivity contribution in [3.05, 3.63) is 34.6 Å². The molecule has 0 aliphatic carbocycles. The molecule has 0 radical (unpaired) electrons. The van der Waals surface area contributed by atoms with Crippen LogP contribution in [-0.2, 0) is 4.74 Å². The van der Waals surface area contributed by atoms with Gasteiger partial charge in [0.1, 0.15) is 16.0 Å². The van der Waals surface area contributed by atoms with Crippen LogP contribution in [0, 0.1) is 5.92 Å². The minimum Gasteiger partial charge on any atom is -0.444 e. The van der Waals surface area contributed by atoms with Gasteiger partial charge in [0.25, 0.3) is 0 Å². The third kappa shape index (κ3) is 5.22. The number of piperidine rings is 1. The molecule has 5 nitrogen and oxygen atoms in total. The van der Waals surface area contributed by atoms with Gasteiger partial charge in [-0.3, -0.25) is 0 Å². The lowest BCUT2D eigenvalue weighted by Crippen LogP contribution is -2.42. The lowest BCUT2D eigenvalue weighted by Gasteiger charge is -2.34. The second-order valence-corrected chi connectivity index (χ2v) is 8.69. The summed E-state index contributed by atoms with van der Waals surface area (Å²) in [6.45, 7) is 13.1. The highest BCUT2D eigenvalue weighted by Crippen LogP contribution is 2.36. The number of aliphatic imine (C=N–C) groups is 1. The van der Waals surface area contributed by atoms with E-state index >= 15 is 0 Å². The molecular formula is C20H30BrN3O2. The maximum absolute atomic E-state index is 12.3.